The molecule has 4 nitrogen and oxygen atoms in total. The SMILES string of the molecule is CNCc1c(-c2cccc(OC)c2)cnn1C. The van der Waals surface area contributed by atoms with E-state index in [-0.39, 0.29) is 0 Å². The summed E-state index contributed by atoms with van der Waals surface area (Å²) in [4.78, 5) is 0. The Morgan fingerprint density at radius 1 is 1.41 bits per heavy atom. The van der Waals surface area contributed by atoms with E-state index in [0.29, 0.717) is 0 Å². The van der Waals surface area contributed by atoms with E-state index >= 15 is 0 Å². The van der Waals surface area contributed by atoms with Gasteiger partial charge in [0, 0.05) is 19.2 Å². The third kappa shape index (κ3) is 2.31. The first-order chi connectivity index (χ1) is 8.26. The number of nitrogens with zero attached hydrogens (tertiary/aromatic N) is 2. The van der Waals surface area contributed by atoms with E-state index < -0.39 is 0 Å². The van der Waals surface area contributed by atoms with E-state index in [2.05, 4.69) is 16.5 Å². The average Bonchev–Trinajstić information content (AvgIpc) is 2.72. The summed E-state index contributed by atoms with van der Waals surface area (Å²) in [5, 5.41) is 7.46. The van der Waals surface area contributed by atoms with Crippen molar-refractivity contribution in [1.82, 2.24) is 15.1 Å². The first kappa shape index (κ1) is 11.7. The molecule has 2 aromatic rings. The minimum Gasteiger partial charge on any atom is -0.497 e. The van der Waals surface area contributed by atoms with E-state index in [4.69, 9.17) is 4.74 Å². The zero-order valence-electron chi connectivity index (χ0n) is 10.4. The highest BCUT2D eigenvalue weighted by Crippen LogP contribution is 2.26. The van der Waals surface area contributed by atoms with Gasteiger partial charge in [-0.2, -0.15) is 5.10 Å². The van der Waals surface area contributed by atoms with Crippen molar-refractivity contribution in [3.8, 4) is 16.9 Å². The summed E-state index contributed by atoms with van der Waals surface area (Å²) >= 11 is 0. The minimum absolute atomic E-state index is 0.795. The Balaban J connectivity index is 2.44. The summed E-state index contributed by atoms with van der Waals surface area (Å²) in [6.07, 6.45) is 1.89. The van der Waals surface area contributed by atoms with Crippen LogP contribution in [0.25, 0.3) is 11.1 Å². The third-order valence-corrected chi connectivity index (χ3v) is 2.79. The van der Waals surface area contributed by atoms with Gasteiger partial charge in [0.1, 0.15) is 5.75 Å². The van der Waals surface area contributed by atoms with Crippen LogP contribution in [-0.2, 0) is 13.6 Å². The predicted octanol–water partition coefficient (Wildman–Crippen LogP) is 1.82. The van der Waals surface area contributed by atoms with Gasteiger partial charge in [0.05, 0.1) is 19.0 Å². The molecule has 0 fully saturated rings. The number of aryl methyl sites for hydroxylation is 1. The lowest BCUT2D eigenvalue weighted by Gasteiger charge is -2.07. The smallest absolute Gasteiger partial charge is 0.119 e. The molecule has 0 unspecified atom stereocenters. The maximum atomic E-state index is 5.24. The van der Waals surface area contributed by atoms with E-state index in [1.807, 2.05) is 43.2 Å². The van der Waals surface area contributed by atoms with Gasteiger partial charge in [0.15, 0.2) is 0 Å². The first-order valence-electron chi connectivity index (χ1n) is 5.56. The molecule has 0 atom stereocenters. The van der Waals surface area contributed by atoms with E-state index in [1.165, 1.54) is 5.69 Å². The van der Waals surface area contributed by atoms with Crippen molar-refractivity contribution in [3.63, 3.8) is 0 Å². The molecule has 0 bridgehead atoms. The van der Waals surface area contributed by atoms with Crippen LogP contribution in [0.15, 0.2) is 30.5 Å². The number of methoxy groups -OCH3 is 1. The molecule has 1 aromatic carbocycles. The fourth-order valence-electron chi connectivity index (χ4n) is 1.87. The number of hydrogen-bond donors (Lipinski definition) is 1. The van der Waals surface area contributed by atoms with Crippen LogP contribution < -0.4 is 10.1 Å². The summed E-state index contributed by atoms with van der Waals surface area (Å²) in [6, 6.07) is 8.02. The van der Waals surface area contributed by atoms with Crippen LogP contribution >= 0.6 is 0 Å². The van der Waals surface area contributed by atoms with Crippen LogP contribution in [0.1, 0.15) is 5.69 Å². The zero-order chi connectivity index (χ0) is 12.3. The fraction of sp³-hybridized carbons (Fsp3) is 0.308. The summed E-state index contributed by atoms with van der Waals surface area (Å²) in [7, 11) is 5.57. The van der Waals surface area contributed by atoms with E-state index in [0.717, 1.165) is 23.4 Å². The molecule has 0 aliphatic rings. The van der Waals surface area contributed by atoms with Crippen molar-refractivity contribution < 1.29 is 4.74 Å². The Labute approximate surface area is 101 Å². The quantitative estimate of drug-likeness (QED) is 0.872. The Morgan fingerprint density at radius 3 is 2.94 bits per heavy atom. The standard InChI is InChI=1S/C13H17N3O/c1-14-9-13-12(8-15-16(13)2)10-5-4-6-11(7-10)17-3/h4-8,14H,9H2,1-3H3. The van der Waals surface area contributed by atoms with Crippen LogP contribution in [0.3, 0.4) is 0 Å². The highest BCUT2D eigenvalue weighted by molar-refractivity contribution is 5.66. The molecule has 1 aromatic heterocycles. The number of nitrogens with one attached hydrogen (secondary N) is 1. The second-order valence-electron chi connectivity index (χ2n) is 3.89. The molecule has 0 spiro atoms. The van der Waals surface area contributed by atoms with Gasteiger partial charge in [-0.1, -0.05) is 12.1 Å². The Hall–Kier alpha value is -1.81. The second-order valence-corrected chi connectivity index (χ2v) is 3.89. The van der Waals surface area contributed by atoms with Gasteiger partial charge in [-0.3, -0.25) is 4.68 Å². The van der Waals surface area contributed by atoms with Crippen molar-refractivity contribution in [2.45, 2.75) is 6.54 Å². The minimum atomic E-state index is 0.795. The van der Waals surface area contributed by atoms with Gasteiger partial charge in [0.25, 0.3) is 0 Å². The van der Waals surface area contributed by atoms with Crippen LogP contribution in [0.2, 0.25) is 0 Å². The van der Waals surface area contributed by atoms with Crippen molar-refractivity contribution in [3.05, 3.63) is 36.2 Å². The summed E-state index contributed by atoms with van der Waals surface area (Å²) in [6.45, 7) is 0.795. The molecule has 0 amide bonds. The van der Waals surface area contributed by atoms with E-state index in [9.17, 15) is 0 Å². The van der Waals surface area contributed by atoms with Crippen molar-refractivity contribution in [2.24, 2.45) is 7.05 Å². The highest BCUT2D eigenvalue weighted by Gasteiger charge is 2.10. The molecule has 90 valence electrons. The molecule has 0 aliphatic carbocycles. The van der Waals surface area contributed by atoms with Gasteiger partial charge in [0.2, 0.25) is 0 Å². The first-order valence-corrected chi connectivity index (χ1v) is 5.56. The molecule has 0 saturated carbocycles. The molecule has 0 saturated heterocycles. The third-order valence-electron chi connectivity index (χ3n) is 2.79. The van der Waals surface area contributed by atoms with Crippen LogP contribution in [0.5, 0.6) is 5.75 Å². The molecular weight excluding hydrogens is 214 g/mol. The molecule has 0 aliphatic heterocycles. The van der Waals surface area contributed by atoms with Gasteiger partial charge in [-0.25, -0.2) is 0 Å². The predicted molar refractivity (Wildman–Crippen MR) is 68.0 cm³/mol. The normalized spacial score (nSPS) is 10.5. The summed E-state index contributed by atoms with van der Waals surface area (Å²) in [5.74, 6) is 0.863. The monoisotopic (exact) mass is 231 g/mol. The Morgan fingerprint density at radius 2 is 2.24 bits per heavy atom. The maximum absolute atomic E-state index is 5.24. The van der Waals surface area contributed by atoms with Crippen LogP contribution in [0, 0.1) is 0 Å². The Kier molecular flexibility index (Phi) is 3.44. The van der Waals surface area contributed by atoms with Crippen molar-refractivity contribution >= 4 is 0 Å². The number of ether oxygens (including phenoxy) is 1. The second kappa shape index (κ2) is 5.01. The van der Waals surface area contributed by atoms with Gasteiger partial charge < -0.3 is 10.1 Å². The molecule has 0 radical (unpaired) electrons. The van der Waals surface area contributed by atoms with E-state index in [1.54, 1.807) is 7.11 Å². The maximum Gasteiger partial charge on any atom is 0.119 e. The lowest BCUT2D eigenvalue weighted by molar-refractivity contribution is 0.415. The largest absolute Gasteiger partial charge is 0.497 e. The van der Waals surface area contributed by atoms with Gasteiger partial charge in [-0.05, 0) is 24.7 Å². The highest BCUT2D eigenvalue weighted by atomic mass is 16.5. The lowest BCUT2D eigenvalue weighted by Crippen LogP contribution is -2.10. The number of hydrogen-bond acceptors (Lipinski definition) is 3. The van der Waals surface area contributed by atoms with Crippen LogP contribution in [0.4, 0.5) is 0 Å². The van der Waals surface area contributed by atoms with Crippen molar-refractivity contribution in [1.29, 1.82) is 0 Å². The average molecular weight is 231 g/mol. The van der Waals surface area contributed by atoms with Gasteiger partial charge in [-0.15, -0.1) is 0 Å². The van der Waals surface area contributed by atoms with Crippen molar-refractivity contribution in [2.75, 3.05) is 14.2 Å². The van der Waals surface area contributed by atoms with Gasteiger partial charge >= 0.3 is 0 Å². The zero-order valence-corrected chi connectivity index (χ0v) is 10.4. The molecule has 4 heteroatoms. The summed E-state index contributed by atoms with van der Waals surface area (Å²) in [5.41, 5.74) is 3.43. The number of benzene rings is 1. The topological polar surface area (TPSA) is 39.1 Å². The molecule has 17 heavy (non-hydrogen) atoms. The molecule has 1 N–H and O–H groups in total. The molecular formula is C13H17N3O. The molecule has 1 heterocycles. The summed E-state index contributed by atoms with van der Waals surface area (Å²) < 4.78 is 7.13. The van der Waals surface area contributed by atoms with Crippen LogP contribution in [-0.4, -0.2) is 23.9 Å². The Bertz CT molecular complexity index is 505. The lowest BCUT2D eigenvalue weighted by atomic mass is 10.1. The number of rotatable bonds is 4. The number of aromatic nitrogens is 2. The molecule has 2 rings (SSSR count). The fourth-order valence-corrected chi connectivity index (χ4v) is 1.87.